The van der Waals surface area contributed by atoms with Crippen LogP contribution in [-0.2, 0) is 11.3 Å². The van der Waals surface area contributed by atoms with Crippen molar-refractivity contribution in [3.8, 4) is 0 Å². The normalized spacial score (nSPS) is 19.1. The van der Waals surface area contributed by atoms with Crippen LogP contribution in [0.3, 0.4) is 0 Å². The maximum absolute atomic E-state index is 12.4. The molecule has 2 aromatic rings. The Kier molecular flexibility index (Phi) is 4.83. The van der Waals surface area contributed by atoms with Gasteiger partial charge >= 0.3 is 0 Å². The molecule has 5 heteroatoms. The number of aromatic nitrogens is 2. The maximum Gasteiger partial charge on any atom is 0.260 e. The summed E-state index contributed by atoms with van der Waals surface area (Å²) in [5, 5.41) is 4.36. The fraction of sp³-hybridized carbons (Fsp3) is 0.350. The molecule has 1 aromatic heterocycles. The summed E-state index contributed by atoms with van der Waals surface area (Å²) in [5.74, 6) is 1.07. The van der Waals surface area contributed by atoms with Gasteiger partial charge in [0.05, 0.1) is 16.7 Å². The fourth-order valence-corrected chi connectivity index (χ4v) is 3.13. The predicted octanol–water partition coefficient (Wildman–Crippen LogP) is 3.75. The quantitative estimate of drug-likeness (QED) is 0.683. The Bertz CT molecular complexity index is 888. The van der Waals surface area contributed by atoms with Gasteiger partial charge in [0.15, 0.2) is 0 Å². The average molecular weight is 336 g/mol. The molecule has 5 nitrogen and oxygen atoms in total. The standard InChI is InChI=1S/C20H24N4O/c1-13(2)16-10-9-14(3)18(11-16)22-23-20(25)12-24-15(4)21-17-7-5-6-8-19(17)24/h5-9,16H,1,10-12H2,2-4H3,(H,23,25)/b22-18-/t16-/m1/s1. The van der Waals surface area contributed by atoms with Crippen LogP contribution in [0.5, 0.6) is 0 Å². The van der Waals surface area contributed by atoms with Crippen molar-refractivity contribution >= 4 is 22.7 Å². The highest BCUT2D eigenvalue weighted by atomic mass is 16.2. The number of hydrogen-bond donors (Lipinski definition) is 1. The Morgan fingerprint density at radius 1 is 1.40 bits per heavy atom. The zero-order chi connectivity index (χ0) is 18.0. The van der Waals surface area contributed by atoms with Gasteiger partial charge in [0.2, 0.25) is 0 Å². The van der Waals surface area contributed by atoms with Crippen molar-refractivity contribution in [2.45, 2.75) is 40.2 Å². The lowest BCUT2D eigenvalue weighted by atomic mass is 9.85. The van der Waals surface area contributed by atoms with Crippen LogP contribution in [-0.4, -0.2) is 21.2 Å². The lowest BCUT2D eigenvalue weighted by molar-refractivity contribution is -0.121. The first-order chi connectivity index (χ1) is 12.0. The molecule has 130 valence electrons. The molecule has 1 N–H and O–H groups in total. The topological polar surface area (TPSA) is 59.3 Å². The Labute approximate surface area is 148 Å². The van der Waals surface area contributed by atoms with Crippen LogP contribution in [0.2, 0.25) is 0 Å². The second-order valence-corrected chi connectivity index (χ2v) is 6.70. The summed E-state index contributed by atoms with van der Waals surface area (Å²) < 4.78 is 1.91. The minimum Gasteiger partial charge on any atom is -0.319 e. The van der Waals surface area contributed by atoms with Crippen molar-refractivity contribution in [2.75, 3.05) is 0 Å². The molecule has 0 fully saturated rings. The van der Waals surface area contributed by atoms with Crippen LogP contribution < -0.4 is 5.43 Å². The maximum atomic E-state index is 12.4. The molecule has 1 amide bonds. The number of amides is 1. The number of allylic oxidation sites excluding steroid dienone is 3. The number of hydrogen-bond acceptors (Lipinski definition) is 3. The van der Waals surface area contributed by atoms with Crippen molar-refractivity contribution in [1.29, 1.82) is 0 Å². The Morgan fingerprint density at radius 3 is 2.92 bits per heavy atom. The van der Waals surface area contributed by atoms with Gasteiger partial charge in [0, 0.05) is 0 Å². The molecule has 0 unspecified atom stereocenters. The summed E-state index contributed by atoms with van der Waals surface area (Å²) in [6.07, 6.45) is 3.99. The number of carbonyl (C=O) groups is 1. The van der Waals surface area contributed by atoms with E-state index in [1.807, 2.05) is 49.6 Å². The lowest BCUT2D eigenvalue weighted by Crippen LogP contribution is -2.26. The van der Waals surface area contributed by atoms with E-state index in [-0.39, 0.29) is 12.5 Å². The van der Waals surface area contributed by atoms with Crippen molar-refractivity contribution in [3.63, 3.8) is 0 Å². The minimum atomic E-state index is -0.149. The number of nitrogens with one attached hydrogen (secondary N) is 1. The number of aryl methyl sites for hydroxylation is 1. The van der Waals surface area contributed by atoms with E-state index in [2.05, 4.69) is 28.2 Å². The lowest BCUT2D eigenvalue weighted by Gasteiger charge is -2.22. The highest BCUT2D eigenvalue weighted by Crippen LogP contribution is 2.26. The number of nitrogens with zero attached hydrogens (tertiary/aromatic N) is 3. The van der Waals surface area contributed by atoms with Crippen LogP contribution in [0.25, 0.3) is 11.0 Å². The van der Waals surface area contributed by atoms with E-state index in [0.29, 0.717) is 5.92 Å². The monoisotopic (exact) mass is 336 g/mol. The van der Waals surface area contributed by atoms with Gasteiger partial charge in [0.1, 0.15) is 12.4 Å². The number of imidazole rings is 1. The third-order valence-corrected chi connectivity index (χ3v) is 4.76. The number of benzene rings is 1. The number of para-hydroxylation sites is 2. The summed E-state index contributed by atoms with van der Waals surface area (Å²) in [6, 6.07) is 7.82. The molecule has 0 saturated heterocycles. The molecule has 1 aliphatic carbocycles. The second kappa shape index (κ2) is 7.05. The summed E-state index contributed by atoms with van der Waals surface area (Å²) in [4.78, 5) is 16.9. The zero-order valence-corrected chi connectivity index (χ0v) is 15.0. The highest BCUT2D eigenvalue weighted by molar-refractivity contribution is 6.01. The van der Waals surface area contributed by atoms with Gasteiger partial charge in [-0.3, -0.25) is 4.79 Å². The zero-order valence-electron chi connectivity index (χ0n) is 15.0. The van der Waals surface area contributed by atoms with E-state index in [4.69, 9.17) is 0 Å². The van der Waals surface area contributed by atoms with Gasteiger partial charge in [0.25, 0.3) is 5.91 Å². The van der Waals surface area contributed by atoms with Gasteiger partial charge in [-0.05, 0) is 57.2 Å². The first-order valence-electron chi connectivity index (χ1n) is 8.55. The van der Waals surface area contributed by atoms with Gasteiger partial charge in [-0.25, -0.2) is 10.4 Å². The number of hydrazone groups is 1. The van der Waals surface area contributed by atoms with Crippen molar-refractivity contribution in [3.05, 3.63) is 53.9 Å². The van der Waals surface area contributed by atoms with Crippen molar-refractivity contribution < 1.29 is 4.79 Å². The average Bonchev–Trinajstić information content (AvgIpc) is 2.89. The first-order valence-corrected chi connectivity index (χ1v) is 8.55. The van der Waals surface area contributed by atoms with E-state index in [1.165, 1.54) is 0 Å². The number of rotatable bonds is 4. The minimum absolute atomic E-state index is 0.149. The highest BCUT2D eigenvalue weighted by Gasteiger charge is 2.19. The molecule has 1 aliphatic rings. The molecular formula is C20H24N4O. The summed E-state index contributed by atoms with van der Waals surface area (Å²) in [6.45, 7) is 10.2. The molecule has 1 heterocycles. The predicted molar refractivity (Wildman–Crippen MR) is 101 cm³/mol. The molecule has 0 bridgehead atoms. The summed E-state index contributed by atoms with van der Waals surface area (Å²) in [5.41, 5.74) is 7.77. The van der Waals surface area contributed by atoms with E-state index in [1.54, 1.807) is 0 Å². The van der Waals surface area contributed by atoms with E-state index < -0.39 is 0 Å². The Balaban J connectivity index is 1.72. The third-order valence-electron chi connectivity index (χ3n) is 4.76. The molecule has 0 saturated carbocycles. The largest absolute Gasteiger partial charge is 0.319 e. The van der Waals surface area contributed by atoms with E-state index in [9.17, 15) is 4.79 Å². The van der Waals surface area contributed by atoms with Crippen LogP contribution in [0.15, 0.2) is 53.2 Å². The Hall–Kier alpha value is -2.69. The van der Waals surface area contributed by atoms with Crippen molar-refractivity contribution in [1.82, 2.24) is 15.0 Å². The summed E-state index contributed by atoms with van der Waals surface area (Å²) in [7, 11) is 0. The molecule has 25 heavy (non-hydrogen) atoms. The molecule has 0 aliphatic heterocycles. The Morgan fingerprint density at radius 2 is 2.16 bits per heavy atom. The molecule has 0 spiro atoms. The molecule has 1 atom stereocenters. The van der Waals surface area contributed by atoms with Gasteiger partial charge < -0.3 is 4.57 Å². The number of carbonyl (C=O) groups excluding carboxylic acids is 1. The third kappa shape index (κ3) is 3.71. The molecule has 3 rings (SSSR count). The molecule has 0 radical (unpaired) electrons. The van der Waals surface area contributed by atoms with Crippen molar-refractivity contribution in [2.24, 2.45) is 11.0 Å². The number of fused-ring (bicyclic) bond motifs is 1. The van der Waals surface area contributed by atoms with Gasteiger partial charge in [-0.15, -0.1) is 0 Å². The van der Waals surface area contributed by atoms with E-state index in [0.717, 1.165) is 46.6 Å². The summed E-state index contributed by atoms with van der Waals surface area (Å²) >= 11 is 0. The molecule has 1 aromatic carbocycles. The smallest absolute Gasteiger partial charge is 0.260 e. The van der Waals surface area contributed by atoms with E-state index >= 15 is 0 Å². The first kappa shape index (κ1) is 17.1. The van der Waals surface area contributed by atoms with Crippen LogP contribution in [0.4, 0.5) is 0 Å². The fourth-order valence-electron chi connectivity index (χ4n) is 3.13. The SMILES string of the molecule is C=C(C)[C@@H]1CC=C(C)/C(=N\NC(=O)Cn2c(C)nc3ccccc32)C1. The second-order valence-electron chi connectivity index (χ2n) is 6.70. The molecular weight excluding hydrogens is 312 g/mol. The van der Waals surface area contributed by atoms with Crippen LogP contribution >= 0.6 is 0 Å². The van der Waals surface area contributed by atoms with Crippen LogP contribution in [0.1, 0.15) is 32.5 Å². The van der Waals surface area contributed by atoms with Crippen LogP contribution in [0, 0.1) is 12.8 Å². The van der Waals surface area contributed by atoms with Gasteiger partial charge in [-0.2, -0.15) is 5.10 Å². The van der Waals surface area contributed by atoms with Gasteiger partial charge in [-0.1, -0.05) is 30.4 Å².